The van der Waals surface area contributed by atoms with Crippen LogP contribution in [0.15, 0.2) is 115 Å². The predicted octanol–water partition coefficient (Wildman–Crippen LogP) is 12.8. The molecule has 3 aliphatic rings. The quantitative estimate of drug-likeness (QED) is 0.166. The lowest BCUT2D eigenvalue weighted by Gasteiger charge is -2.45. The van der Waals surface area contributed by atoms with Gasteiger partial charge in [-0.25, -0.2) is 0 Å². The Balaban J connectivity index is 1.39. The number of aryl methyl sites for hydroxylation is 1. The molecular weight excluding hydrogens is 687 g/mol. The third-order valence-corrected chi connectivity index (χ3v) is 12.9. The largest absolute Gasteiger partial charge is 0.311 e. The first-order valence-corrected chi connectivity index (χ1v) is 21.1. The Bertz CT molecular complexity index is 2560. The molecule has 6 aromatic carbocycles. The van der Waals surface area contributed by atoms with E-state index in [4.69, 9.17) is 0 Å². The van der Waals surface area contributed by atoms with E-state index in [1.165, 1.54) is 95.0 Å². The maximum absolute atomic E-state index is 2.65. The predicted molar refractivity (Wildman–Crippen MR) is 248 cm³/mol. The highest BCUT2D eigenvalue weighted by Crippen LogP contribution is 2.49. The van der Waals surface area contributed by atoms with E-state index in [0.717, 1.165) is 12.8 Å². The van der Waals surface area contributed by atoms with Crippen molar-refractivity contribution in [3.8, 4) is 11.1 Å². The third-order valence-electron chi connectivity index (χ3n) is 12.9. The molecule has 0 saturated heterocycles. The molecule has 0 amide bonds. The molecule has 9 rings (SSSR count). The van der Waals surface area contributed by atoms with Gasteiger partial charge in [-0.3, -0.25) is 0 Å². The van der Waals surface area contributed by atoms with Gasteiger partial charge in [0, 0.05) is 34.0 Å². The van der Waals surface area contributed by atoms with Crippen LogP contribution in [-0.2, 0) is 29.1 Å². The van der Waals surface area contributed by atoms with E-state index in [1.54, 1.807) is 0 Å². The molecule has 0 aromatic heterocycles. The number of rotatable bonds is 3. The van der Waals surface area contributed by atoms with Gasteiger partial charge < -0.3 is 9.80 Å². The summed E-state index contributed by atoms with van der Waals surface area (Å²) >= 11 is 0. The molecule has 6 aromatic rings. The lowest BCUT2D eigenvalue weighted by molar-refractivity contribution is 0.392. The van der Waals surface area contributed by atoms with Gasteiger partial charge in [-0.15, -0.1) is 0 Å². The topological polar surface area (TPSA) is 6.48 Å². The minimum atomic E-state index is 0.00940. The Hall–Kier alpha value is -5.02. The van der Waals surface area contributed by atoms with Gasteiger partial charge in [0.15, 0.2) is 0 Å². The van der Waals surface area contributed by atoms with Crippen molar-refractivity contribution >= 4 is 57.2 Å². The zero-order chi connectivity index (χ0) is 40.4. The van der Waals surface area contributed by atoms with Crippen molar-refractivity contribution in [2.45, 2.75) is 112 Å². The minimum Gasteiger partial charge on any atom is -0.311 e. The number of fused-ring (bicyclic) bond motifs is 5. The van der Waals surface area contributed by atoms with Gasteiger partial charge in [0.2, 0.25) is 0 Å². The van der Waals surface area contributed by atoms with Gasteiger partial charge in [-0.1, -0.05) is 143 Å². The van der Waals surface area contributed by atoms with Crippen LogP contribution < -0.4 is 26.2 Å². The van der Waals surface area contributed by atoms with Crippen LogP contribution in [0.5, 0.6) is 0 Å². The molecule has 2 heterocycles. The number of benzene rings is 6. The molecule has 57 heavy (non-hydrogen) atoms. The van der Waals surface area contributed by atoms with Crippen LogP contribution in [0.25, 0.3) is 11.1 Å². The monoisotopic (exact) mass is 746 g/mol. The molecule has 0 bridgehead atoms. The third kappa shape index (κ3) is 6.33. The van der Waals surface area contributed by atoms with Crippen LogP contribution in [0.1, 0.15) is 110 Å². The molecule has 0 atom stereocenters. The van der Waals surface area contributed by atoms with E-state index in [-0.39, 0.29) is 28.4 Å². The summed E-state index contributed by atoms with van der Waals surface area (Å²) in [6, 6.07) is 45.1. The first-order chi connectivity index (χ1) is 26.8. The first-order valence-electron chi connectivity index (χ1n) is 21.1. The highest BCUT2D eigenvalue weighted by atomic mass is 15.2. The molecule has 0 fully saturated rings. The van der Waals surface area contributed by atoms with Gasteiger partial charge in [0.05, 0.1) is 5.69 Å². The minimum absolute atomic E-state index is 0.00940. The summed E-state index contributed by atoms with van der Waals surface area (Å²) in [4.78, 5) is 5.22. The maximum atomic E-state index is 2.65. The Morgan fingerprint density at radius 1 is 0.491 bits per heavy atom. The van der Waals surface area contributed by atoms with Crippen molar-refractivity contribution in [1.82, 2.24) is 0 Å². The highest BCUT2D eigenvalue weighted by Gasteiger charge is 2.45. The van der Waals surface area contributed by atoms with Gasteiger partial charge in [-0.05, 0) is 145 Å². The van der Waals surface area contributed by atoms with E-state index in [2.05, 4.69) is 208 Å². The molecule has 2 nitrogen and oxygen atoms in total. The van der Waals surface area contributed by atoms with Gasteiger partial charge in [0.25, 0.3) is 6.71 Å². The summed E-state index contributed by atoms with van der Waals surface area (Å²) in [5.74, 6) is 0. The summed E-state index contributed by atoms with van der Waals surface area (Å²) in [6.45, 7) is 28.2. The molecule has 288 valence electrons. The lowest BCUT2D eigenvalue weighted by atomic mass is 9.33. The van der Waals surface area contributed by atoms with Crippen LogP contribution in [0.3, 0.4) is 0 Å². The molecule has 0 saturated carbocycles. The van der Waals surface area contributed by atoms with Crippen molar-refractivity contribution < 1.29 is 0 Å². The van der Waals surface area contributed by atoms with Crippen molar-refractivity contribution in [3.63, 3.8) is 0 Å². The Kier molecular flexibility index (Phi) is 8.40. The molecule has 3 heteroatoms. The fraction of sp³-hybridized carbons (Fsp3) is 0.333. The Morgan fingerprint density at radius 3 is 1.63 bits per heavy atom. The van der Waals surface area contributed by atoms with Gasteiger partial charge in [-0.2, -0.15) is 0 Å². The van der Waals surface area contributed by atoms with Crippen molar-refractivity contribution in [2.75, 3.05) is 9.80 Å². The molecule has 0 N–H and O–H groups in total. The standard InChI is InChI=1S/C54H59BN2/c1-34-26-48-50-49(27-34)57(45-24-20-39(52(5,6)7)30-42(45)35-16-14-13-15-17-35)47-29-37-33-54(11,12)32-36(37)28-43(47)55(50)44-31-40(53(8,9)10)21-25-46(44)56(48)41-22-18-38(19-23-41)51(2,3)4/h13-31H,32-33H2,1-12H3. The fourth-order valence-electron chi connectivity index (χ4n) is 9.86. The highest BCUT2D eigenvalue weighted by molar-refractivity contribution is 7.00. The van der Waals surface area contributed by atoms with E-state index in [9.17, 15) is 0 Å². The van der Waals surface area contributed by atoms with Crippen molar-refractivity contribution in [3.05, 3.63) is 149 Å². The second-order valence-electron chi connectivity index (χ2n) is 21.2. The van der Waals surface area contributed by atoms with E-state index >= 15 is 0 Å². The Morgan fingerprint density at radius 2 is 1.02 bits per heavy atom. The lowest BCUT2D eigenvalue weighted by Crippen LogP contribution is -2.61. The fourth-order valence-corrected chi connectivity index (χ4v) is 9.86. The van der Waals surface area contributed by atoms with Crippen LogP contribution in [0.4, 0.5) is 34.1 Å². The van der Waals surface area contributed by atoms with Crippen molar-refractivity contribution in [1.29, 1.82) is 0 Å². The average molecular weight is 747 g/mol. The second kappa shape index (κ2) is 12.7. The SMILES string of the molecule is Cc1cc2c3c(c1)N(c1ccc(C(C)(C)C)cc1-c1ccccc1)c1cc4c(cc1B3c1cc(C(C)(C)C)ccc1N2c1ccc(C(C)(C)C)cc1)CC(C)(C)C4. The molecule has 1 aliphatic carbocycles. The van der Waals surface area contributed by atoms with E-state index < -0.39 is 0 Å². The normalized spacial score (nSPS) is 15.6. The second-order valence-corrected chi connectivity index (χ2v) is 21.2. The summed E-state index contributed by atoms with van der Waals surface area (Å²) in [7, 11) is 0. The van der Waals surface area contributed by atoms with Gasteiger partial charge in [0.1, 0.15) is 0 Å². The number of hydrogen-bond donors (Lipinski definition) is 0. The first kappa shape index (κ1) is 37.6. The maximum Gasteiger partial charge on any atom is 0.252 e. The number of anilines is 6. The van der Waals surface area contributed by atoms with Gasteiger partial charge >= 0.3 is 0 Å². The van der Waals surface area contributed by atoms with Crippen LogP contribution >= 0.6 is 0 Å². The molecule has 0 unspecified atom stereocenters. The summed E-state index contributed by atoms with van der Waals surface area (Å²) in [6.07, 6.45) is 2.20. The molecule has 2 aliphatic heterocycles. The zero-order valence-corrected chi connectivity index (χ0v) is 36.4. The van der Waals surface area contributed by atoms with Crippen LogP contribution in [-0.4, -0.2) is 6.71 Å². The molecule has 0 spiro atoms. The zero-order valence-electron chi connectivity index (χ0n) is 36.4. The molecule has 0 radical (unpaired) electrons. The summed E-state index contributed by atoms with van der Waals surface area (Å²) in [5, 5.41) is 0. The molecular formula is C54H59BN2. The van der Waals surface area contributed by atoms with Crippen molar-refractivity contribution in [2.24, 2.45) is 5.41 Å². The van der Waals surface area contributed by atoms with Crippen LogP contribution in [0.2, 0.25) is 0 Å². The summed E-state index contributed by atoms with van der Waals surface area (Å²) in [5.41, 5.74) is 22.9. The number of hydrogen-bond acceptors (Lipinski definition) is 2. The van der Waals surface area contributed by atoms with Crippen LogP contribution in [0, 0.1) is 12.3 Å². The van der Waals surface area contributed by atoms with E-state index in [1.807, 2.05) is 0 Å². The smallest absolute Gasteiger partial charge is 0.252 e. The summed E-state index contributed by atoms with van der Waals surface area (Å²) < 4.78 is 0. The van der Waals surface area contributed by atoms with E-state index in [0.29, 0.717) is 0 Å². The Labute approximate surface area is 343 Å². The number of nitrogens with zero attached hydrogens (tertiary/aromatic N) is 2. The average Bonchev–Trinajstić information content (AvgIpc) is 3.45.